The van der Waals surface area contributed by atoms with Crippen LogP contribution in [-0.2, 0) is 19.1 Å². The number of aromatic nitrogens is 1. The van der Waals surface area contributed by atoms with Crippen molar-refractivity contribution in [3.05, 3.63) is 42.0 Å². The molecular formula is C12H12FNO4. The molecule has 0 aromatic carbocycles. The highest BCUT2D eigenvalue weighted by molar-refractivity contribution is 5.89. The Kier molecular flexibility index (Phi) is 4.53. The van der Waals surface area contributed by atoms with Crippen LogP contribution in [-0.4, -0.2) is 24.0 Å². The number of rotatable bonds is 4. The van der Waals surface area contributed by atoms with Crippen LogP contribution in [0.4, 0.5) is 4.39 Å². The van der Waals surface area contributed by atoms with Gasteiger partial charge in [-0.05, 0) is 12.1 Å². The summed E-state index contributed by atoms with van der Waals surface area (Å²) in [4.78, 5) is 26.2. The topological polar surface area (TPSA) is 65.5 Å². The van der Waals surface area contributed by atoms with Gasteiger partial charge in [-0.15, -0.1) is 0 Å². The summed E-state index contributed by atoms with van der Waals surface area (Å²) in [6.07, 6.45) is 0.0387. The van der Waals surface area contributed by atoms with Gasteiger partial charge >= 0.3 is 11.9 Å². The van der Waals surface area contributed by atoms with Crippen LogP contribution < -0.4 is 0 Å². The van der Waals surface area contributed by atoms with Gasteiger partial charge < -0.3 is 9.47 Å². The Hall–Kier alpha value is -2.24. The van der Waals surface area contributed by atoms with Crippen molar-refractivity contribution >= 4 is 11.9 Å². The number of nitrogens with zero attached hydrogens (tertiary/aromatic N) is 1. The summed E-state index contributed by atoms with van der Waals surface area (Å²) in [6, 6.07) is 2.19. The zero-order valence-electron chi connectivity index (χ0n) is 9.97. The van der Waals surface area contributed by atoms with Crippen molar-refractivity contribution < 1.29 is 23.5 Å². The minimum absolute atomic E-state index is 0.0700. The first-order valence-electron chi connectivity index (χ1n) is 5.01. The molecule has 6 heteroatoms. The molecule has 1 aromatic rings. The van der Waals surface area contributed by atoms with E-state index in [0.717, 1.165) is 26.2 Å². The summed E-state index contributed by atoms with van der Waals surface area (Å²) in [7, 11) is 1.16. The van der Waals surface area contributed by atoms with E-state index in [-0.39, 0.29) is 11.3 Å². The first-order chi connectivity index (χ1) is 8.45. The largest absolute Gasteiger partial charge is 0.466 e. The number of carbonyl (C=O) groups is 2. The second-order valence-corrected chi connectivity index (χ2v) is 3.41. The summed E-state index contributed by atoms with van der Waals surface area (Å²) in [5, 5.41) is 0. The lowest BCUT2D eigenvalue weighted by Gasteiger charge is -2.17. The fraction of sp³-hybridized carbons (Fsp3) is 0.250. The molecule has 0 saturated heterocycles. The highest BCUT2D eigenvalue weighted by atomic mass is 19.1. The predicted molar refractivity (Wildman–Crippen MR) is 59.9 cm³/mol. The quantitative estimate of drug-likeness (QED) is 0.601. The summed E-state index contributed by atoms with van der Waals surface area (Å²) < 4.78 is 22.5. The molecule has 0 bridgehead atoms. The Morgan fingerprint density at radius 1 is 1.50 bits per heavy atom. The first kappa shape index (κ1) is 13.8. The van der Waals surface area contributed by atoms with Gasteiger partial charge in [0, 0.05) is 13.1 Å². The van der Waals surface area contributed by atoms with Gasteiger partial charge in [0.15, 0.2) is 6.10 Å². The van der Waals surface area contributed by atoms with Crippen LogP contribution in [0.25, 0.3) is 0 Å². The number of carbonyl (C=O) groups excluding carboxylic acids is 2. The average molecular weight is 253 g/mol. The van der Waals surface area contributed by atoms with Crippen LogP contribution in [0.3, 0.4) is 0 Å². The van der Waals surface area contributed by atoms with E-state index >= 15 is 0 Å². The molecule has 0 aliphatic heterocycles. The van der Waals surface area contributed by atoms with Crippen LogP contribution in [0.15, 0.2) is 30.5 Å². The number of halogens is 1. The monoisotopic (exact) mass is 253 g/mol. The number of hydrogen-bond donors (Lipinski definition) is 0. The second kappa shape index (κ2) is 5.90. The molecule has 0 saturated carbocycles. The third-order valence-corrected chi connectivity index (χ3v) is 2.06. The van der Waals surface area contributed by atoms with Crippen molar-refractivity contribution in [2.45, 2.75) is 13.0 Å². The minimum Gasteiger partial charge on any atom is -0.466 e. The number of esters is 2. The summed E-state index contributed by atoms with van der Waals surface area (Å²) in [5.74, 6) is -1.96. The zero-order valence-corrected chi connectivity index (χ0v) is 9.97. The molecule has 1 unspecified atom stereocenters. The standard InChI is InChI=1S/C12H12FNO4/c1-7(12(16)17-3)11(18-8(2)15)10-6-9(13)4-5-14-10/h4-6,11H,1H2,2-3H3. The van der Waals surface area contributed by atoms with Gasteiger partial charge in [0.1, 0.15) is 5.82 Å². The van der Waals surface area contributed by atoms with E-state index in [2.05, 4.69) is 16.3 Å². The minimum atomic E-state index is -1.16. The number of methoxy groups -OCH3 is 1. The highest BCUT2D eigenvalue weighted by Crippen LogP contribution is 2.24. The maximum Gasteiger partial charge on any atom is 0.337 e. The SMILES string of the molecule is C=C(C(=O)OC)C(OC(C)=O)c1cc(F)ccn1. The van der Waals surface area contributed by atoms with E-state index < -0.39 is 23.9 Å². The van der Waals surface area contributed by atoms with Crippen molar-refractivity contribution in [2.24, 2.45) is 0 Å². The predicted octanol–water partition coefficient (Wildman–Crippen LogP) is 1.55. The fourth-order valence-corrected chi connectivity index (χ4v) is 1.28. The number of hydrogen-bond acceptors (Lipinski definition) is 5. The Morgan fingerprint density at radius 3 is 2.67 bits per heavy atom. The lowest BCUT2D eigenvalue weighted by Crippen LogP contribution is -2.18. The van der Waals surface area contributed by atoms with Crippen LogP contribution in [0.5, 0.6) is 0 Å². The Bertz CT molecular complexity index is 487. The summed E-state index contributed by atoms with van der Waals surface area (Å²) in [6.45, 7) is 4.63. The molecule has 1 aromatic heterocycles. The average Bonchev–Trinajstić information content (AvgIpc) is 2.34. The lowest BCUT2D eigenvalue weighted by atomic mass is 10.1. The maximum absolute atomic E-state index is 13.1. The molecule has 0 N–H and O–H groups in total. The zero-order chi connectivity index (χ0) is 13.7. The third-order valence-electron chi connectivity index (χ3n) is 2.06. The van der Waals surface area contributed by atoms with Crippen LogP contribution in [0.1, 0.15) is 18.7 Å². The van der Waals surface area contributed by atoms with Crippen LogP contribution >= 0.6 is 0 Å². The molecule has 5 nitrogen and oxygen atoms in total. The van der Waals surface area contributed by atoms with Gasteiger partial charge in [0.25, 0.3) is 0 Å². The molecule has 1 rings (SSSR count). The lowest BCUT2D eigenvalue weighted by molar-refractivity contribution is -0.147. The van der Waals surface area contributed by atoms with Crippen molar-refractivity contribution in [1.29, 1.82) is 0 Å². The molecule has 96 valence electrons. The molecule has 0 radical (unpaired) electrons. The molecule has 1 heterocycles. The van der Waals surface area contributed by atoms with E-state index in [1.54, 1.807) is 0 Å². The van der Waals surface area contributed by atoms with Gasteiger partial charge in [0.05, 0.1) is 18.4 Å². The van der Waals surface area contributed by atoms with Gasteiger partial charge in [-0.1, -0.05) is 6.58 Å². The molecule has 0 spiro atoms. The first-order valence-corrected chi connectivity index (χ1v) is 5.01. The van der Waals surface area contributed by atoms with Gasteiger partial charge in [-0.25, -0.2) is 9.18 Å². The Labute approximate surface area is 103 Å². The Balaban J connectivity index is 3.09. The molecule has 1 atom stereocenters. The number of pyridine rings is 1. The van der Waals surface area contributed by atoms with Crippen molar-refractivity contribution in [1.82, 2.24) is 4.98 Å². The Morgan fingerprint density at radius 2 is 2.17 bits per heavy atom. The molecule has 0 aliphatic rings. The molecule has 18 heavy (non-hydrogen) atoms. The number of ether oxygens (including phenoxy) is 2. The smallest absolute Gasteiger partial charge is 0.337 e. The van der Waals surface area contributed by atoms with Crippen molar-refractivity contribution in [3.8, 4) is 0 Å². The van der Waals surface area contributed by atoms with Crippen molar-refractivity contribution in [3.63, 3.8) is 0 Å². The molecule has 0 aliphatic carbocycles. The van der Waals surface area contributed by atoms with Gasteiger partial charge in [-0.2, -0.15) is 0 Å². The summed E-state index contributed by atoms with van der Waals surface area (Å²) in [5.41, 5.74) is -0.0635. The van der Waals surface area contributed by atoms with Crippen molar-refractivity contribution in [2.75, 3.05) is 7.11 Å². The summed E-state index contributed by atoms with van der Waals surface area (Å²) >= 11 is 0. The fourth-order valence-electron chi connectivity index (χ4n) is 1.28. The van der Waals surface area contributed by atoms with E-state index in [1.807, 2.05) is 0 Å². The van der Waals surface area contributed by atoms with Gasteiger partial charge in [-0.3, -0.25) is 9.78 Å². The molecule has 0 fully saturated rings. The third kappa shape index (κ3) is 3.38. The van der Waals surface area contributed by atoms with E-state index in [0.29, 0.717) is 0 Å². The van der Waals surface area contributed by atoms with Crippen LogP contribution in [0.2, 0.25) is 0 Å². The normalized spacial score (nSPS) is 11.5. The molecule has 0 amide bonds. The second-order valence-electron chi connectivity index (χ2n) is 3.41. The highest BCUT2D eigenvalue weighted by Gasteiger charge is 2.26. The van der Waals surface area contributed by atoms with E-state index in [1.165, 1.54) is 6.20 Å². The van der Waals surface area contributed by atoms with E-state index in [9.17, 15) is 14.0 Å². The maximum atomic E-state index is 13.1. The van der Waals surface area contributed by atoms with E-state index in [4.69, 9.17) is 4.74 Å². The van der Waals surface area contributed by atoms with Gasteiger partial charge in [0.2, 0.25) is 0 Å². The molecular weight excluding hydrogens is 241 g/mol. The van der Waals surface area contributed by atoms with Crippen LogP contribution in [0, 0.1) is 5.82 Å².